The summed E-state index contributed by atoms with van der Waals surface area (Å²) in [5, 5.41) is 10.8. The predicted molar refractivity (Wildman–Crippen MR) is 71.9 cm³/mol. The van der Waals surface area contributed by atoms with E-state index in [4.69, 9.17) is 5.41 Å². The van der Waals surface area contributed by atoms with E-state index in [2.05, 4.69) is 5.32 Å². The first kappa shape index (κ1) is 11.1. The Balaban J connectivity index is 1.95. The summed E-state index contributed by atoms with van der Waals surface area (Å²) in [5.41, 5.74) is 1.99. The van der Waals surface area contributed by atoms with Crippen molar-refractivity contribution in [3.8, 4) is 0 Å². The summed E-state index contributed by atoms with van der Waals surface area (Å²) in [6, 6.07) is 19.6. The van der Waals surface area contributed by atoms with Crippen LogP contribution in [-0.4, -0.2) is 5.84 Å². The molecule has 0 aliphatic carbocycles. The maximum absolute atomic E-state index is 7.83. The van der Waals surface area contributed by atoms with Gasteiger partial charge in [0.25, 0.3) is 0 Å². The molecule has 0 amide bonds. The molecule has 2 aromatic carbocycles. The van der Waals surface area contributed by atoms with Crippen LogP contribution in [0, 0.1) is 5.41 Å². The molecule has 2 N–H and O–H groups in total. The van der Waals surface area contributed by atoms with Crippen LogP contribution in [0.5, 0.6) is 0 Å². The van der Waals surface area contributed by atoms with E-state index in [1.807, 2.05) is 66.7 Å². The van der Waals surface area contributed by atoms with Crippen LogP contribution in [0.25, 0.3) is 6.08 Å². The number of nitrogens with one attached hydrogen (secondary N) is 2. The molecule has 0 aliphatic heterocycles. The molecule has 2 rings (SSSR count). The lowest BCUT2D eigenvalue weighted by molar-refractivity contribution is 1.23. The number of benzene rings is 2. The van der Waals surface area contributed by atoms with E-state index in [1.54, 1.807) is 6.20 Å². The van der Waals surface area contributed by atoms with E-state index in [0.717, 1.165) is 11.1 Å². The van der Waals surface area contributed by atoms with Crippen LogP contribution in [-0.2, 0) is 0 Å². The Bertz CT molecular complexity index is 501. The van der Waals surface area contributed by atoms with Crippen molar-refractivity contribution in [2.24, 2.45) is 0 Å². The highest BCUT2D eigenvalue weighted by atomic mass is 14.9. The average molecular weight is 222 g/mol. The Kier molecular flexibility index (Phi) is 3.71. The van der Waals surface area contributed by atoms with Crippen molar-refractivity contribution in [1.82, 2.24) is 5.32 Å². The van der Waals surface area contributed by atoms with Crippen molar-refractivity contribution < 1.29 is 0 Å². The molecule has 2 nitrogen and oxygen atoms in total. The lowest BCUT2D eigenvalue weighted by Crippen LogP contribution is -2.16. The highest BCUT2D eigenvalue weighted by Gasteiger charge is 1.95. The van der Waals surface area contributed by atoms with Crippen LogP contribution < -0.4 is 5.32 Å². The molecule has 0 saturated carbocycles. The minimum Gasteiger partial charge on any atom is -0.347 e. The molecule has 0 saturated heterocycles. The highest BCUT2D eigenvalue weighted by Crippen LogP contribution is 2.01. The maximum atomic E-state index is 7.83. The van der Waals surface area contributed by atoms with Crippen LogP contribution in [0.4, 0.5) is 0 Å². The lowest BCUT2D eigenvalue weighted by atomic mass is 10.2. The van der Waals surface area contributed by atoms with Gasteiger partial charge in [0.1, 0.15) is 5.84 Å². The molecule has 0 bridgehead atoms. The number of amidine groups is 1. The van der Waals surface area contributed by atoms with Gasteiger partial charge in [0.05, 0.1) is 0 Å². The highest BCUT2D eigenvalue weighted by molar-refractivity contribution is 5.97. The van der Waals surface area contributed by atoms with E-state index in [1.165, 1.54) is 0 Å². The summed E-state index contributed by atoms with van der Waals surface area (Å²) < 4.78 is 0. The Labute approximate surface area is 101 Å². The van der Waals surface area contributed by atoms with Gasteiger partial charge in [-0.15, -0.1) is 0 Å². The molecular weight excluding hydrogens is 208 g/mol. The van der Waals surface area contributed by atoms with Crippen LogP contribution in [0.1, 0.15) is 11.1 Å². The van der Waals surface area contributed by atoms with E-state index in [0.29, 0.717) is 5.84 Å². The zero-order chi connectivity index (χ0) is 11.9. The molecule has 0 spiro atoms. The zero-order valence-electron chi connectivity index (χ0n) is 9.43. The van der Waals surface area contributed by atoms with Crippen molar-refractivity contribution in [3.05, 3.63) is 78.0 Å². The van der Waals surface area contributed by atoms with Gasteiger partial charge < -0.3 is 5.32 Å². The minimum absolute atomic E-state index is 0.401. The topological polar surface area (TPSA) is 35.9 Å². The van der Waals surface area contributed by atoms with Crippen LogP contribution in [0.15, 0.2) is 66.9 Å². The lowest BCUT2D eigenvalue weighted by Gasteiger charge is -2.02. The summed E-state index contributed by atoms with van der Waals surface area (Å²) in [6.07, 6.45) is 3.72. The van der Waals surface area contributed by atoms with Crippen LogP contribution >= 0.6 is 0 Å². The fourth-order valence-electron chi connectivity index (χ4n) is 1.47. The molecule has 0 unspecified atom stereocenters. The van der Waals surface area contributed by atoms with E-state index >= 15 is 0 Å². The first-order chi connectivity index (χ1) is 8.36. The second-order valence-corrected chi connectivity index (χ2v) is 3.63. The van der Waals surface area contributed by atoms with Gasteiger partial charge in [0.2, 0.25) is 0 Å². The normalized spacial score (nSPS) is 10.4. The van der Waals surface area contributed by atoms with Gasteiger partial charge in [-0.05, 0) is 11.6 Å². The first-order valence-electron chi connectivity index (χ1n) is 5.48. The molecule has 0 heterocycles. The third kappa shape index (κ3) is 3.31. The fourth-order valence-corrected chi connectivity index (χ4v) is 1.47. The van der Waals surface area contributed by atoms with Gasteiger partial charge in [0, 0.05) is 11.8 Å². The van der Waals surface area contributed by atoms with E-state index in [-0.39, 0.29) is 0 Å². The van der Waals surface area contributed by atoms with E-state index in [9.17, 15) is 0 Å². The third-order valence-electron chi connectivity index (χ3n) is 2.37. The van der Waals surface area contributed by atoms with Crippen molar-refractivity contribution in [2.75, 3.05) is 0 Å². The maximum Gasteiger partial charge on any atom is 0.129 e. The average Bonchev–Trinajstić information content (AvgIpc) is 2.41. The van der Waals surface area contributed by atoms with Gasteiger partial charge >= 0.3 is 0 Å². The van der Waals surface area contributed by atoms with Gasteiger partial charge in [-0.2, -0.15) is 0 Å². The molecule has 0 aliphatic rings. The minimum atomic E-state index is 0.401. The Morgan fingerprint density at radius 3 is 2.12 bits per heavy atom. The van der Waals surface area contributed by atoms with Crippen molar-refractivity contribution in [1.29, 1.82) is 5.41 Å². The van der Waals surface area contributed by atoms with E-state index < -0.39 is 0 Å². The van der Waals surface area contributed by atoms with Crippen LogP contribution in [0.3, 0.4) is 0 Å². The van der Waals surface area contributed by atoms with Gasteiger partial charge in [-0.3, -0.25) is 5.41 Å². The van der Waals surface area contributed by atoms with Crippen LogP contribution in [0.2, 0.25) is 0 Å². The largest absolute Gasteiger partial charge is 0.347 e. The molecule has 0 aromatic heterocycles. The molecule has 84 valence electrons. The van der Waals surface area contributed by atoms with Gasteiger partial charge in [-0.1, -0.05) is 60.7 Å². The standard InChI is InChI=1S/C15H14N2/c16-15(14-9-5-2-6-10-14)17-12-11-13-7-3-1-4-8-13/h1-12H,(H2,16,17). The molecule has 2 aromatic rings. The van der Waals surface area contributed by atoms with Gasteiger partial charge in [0.15, 0.2) is 0 Å². The van der Waals surface area contributed by atoms with Gasteiger partial charge in [-0.25, -0.2) is 0 Å². The smallest absolute Gasteiger partial charge is 0.129 e. The molecule has 2 heteroatoms. The SMILES string of the molecule is N=C(NC=Cc1ccccc1)c1ccccc1. The summed E-state index contributed by atoms with van der Waals surface area (Å²) in [5.74, 6) is 0.401. The first-order valence-corrected chi connectivity index (χ1v) is 5.48. The Morgan fingerprint density at radius 1 is 0.882 bits per heavy atom. The van der Waals surface area contributed by atoms with Crippen molar-refractivity contribution >= 4 is 11.9 Å². The second-order valence-electron chi connectivity index (χ2n) is 3.63. The summed E-state index contributed by atoms with van der Waals surface area (Å²) in [6.45, 7) is 0. The van der Waals surface area contributed by atoms with Crippen molar-refractivity contribution in [3.63, 3.8) is 0 Å². The third-order valence-corrected chi connectivity index (χ3v) is 2.37. The number of hydrogen-bond acceptors (Lipinski definition) is 1. The monoisotopic (exact) mass is 222 g/mol. The molecule has 0 fully saturated rings. The summed E-state index contributed by atoms with van der Waals surface area (Å²) in [4.78, 5) is 0. The summed E-state index contributed by atoms with van der Waals surface area (Å²) >= 11 is 0. The number of rotatable bonds is 3. The predicted octanol–water partition coefficient (Wildman–Crippen LogP) is 3.27. The molecule has 17 heavy (non-hydrogen) atoms. The quantitative estimate of drug-likeness (QED) is 0.606. The Hall–Kier alpha value is -2.35. The van der Waals surface area contributed by atoms with Crippen molar-refractivity contribution in [2.45, 2.75) is 0 Å². The molecule has 0 atom stereocenters. The molecular formula is C15H14N2. The summed E-state index contributed by atoms with van der Waals surface area (Å²) in [7, 11) is 0. The fraction of sp³-hybridized carbons (Fsp3) is 0. The molecule has 0 radical (unpaired) electrons. The second kappa shape index (κ2) is 5.66. The number of hydrogen-bond donors (Lipinski definition) is 2. The Morgan fingerprint density at radius 2 is 1.47 bits per heavy atom. The zero-order valence-corrected chi connectivity index (χ0v) is 9.43.